The van der Waals surface area contributed by atoms with E-state index in [1.54, 1.807) is 7.11 Å². The molecule has 20 heavy (non-hydrogen) atoms. The molecule has 0 spiro atoms. The van der Waals surface area contributed by atoms with Crippen LogP contribution in [0.2, 0.25) is 0 Å². The zero-order valence-corrected chi connectivity index (χ0v) is 12.9. The normalized spacial score (nSPS) is 14.3. The minimum atomic E-state index is 0.454. The first-order valence-electron chi connectivity index (χ1n) is 7.62. The Balaban J connectivity index is 2.20. The number of aromatic nitrogens is 2. The molecule has 1 fully saturated rings. The molecule has 1 aromatic heterocycles. The van der Waals surface area contributed by atoms with Crippen molar-refractivity contribution in [1.82, 2.24) is 9.97 Å². The molecule has 1 saturated carbocycles. The first-order valence-corrected chi connectivity index (χ1v) is 7.62. The maximum absolute atomic E-state index is 5.18. The van der Waals surface area contributed by atoms with Gasteiger partial charge in [0.2, 0.25) is 0 Å². The molecule has 0 bridgehead atoms. The average molecular weight is 278 g/mol. The van der Waals surface area contributed by atoms with Crippen LogP contribution in [0.4, 0.5) is 11.6 Å². The van der Waals surface area contributed by atoms with Crippen LogP contribution in [0.5, 0.6) is 0 Å². The molecular weight excluding hydrogens is 252 g/mol. The van der Waals surface area contributed by atoms with Crippen LogP contribution in [0.1, 0.15) is 38.9 Å². The van der Waals surface area contributed by atoms with Crippen LogP contribution < -0.4 is 10.2 Å². The van der Waals surface area contributed by atoms with Crippen molar-refractivity contribution in [3.8, 4) is 0 Å². The second kappa shape index (κ2) is 7.43. The number of rotatable bonds is 9. The number of hydrogen-bond donors (Lipinski definition) is 1. The van der Waals surface area contributed by atoms with E-state index in [-0.39, 0.29) is 0 Å². The highest BCUT2D eigenvalue weighted by Crippen LogP contribution is 2.31. The lowest BCUT2D eigenvalue weighted by molar-refractivity contribution is 0.178. The fourth-order valence-corrected chi connectivity index (χ4v) is 2.29. The molecule has 0 radical (unpaired) electrons. The van der Waals surface area contributed by atoms with Crippen LogP contribution in [-0.4, -0.2) is 36.7 Å². The number of nitrogens with zero attached hydrogens (tertiary/aromatic N) is 3. The van der Waals surface area contributed by atoms with Gasteiger partial charge >= 0.3 is 0 Å². The summed E-state index contributed by atoms with van der Waals surface area (Å²) in [6.07, 6.45) is 3.85. The van der Waals surface area contributed by atoms with E-state index in [1.165, 1.54) is 12.8 Å². The van der Waals surface area contributed by atoms with E-state index >= 15 is 0 Å². The molecule has 0 saturated heterocycles. The zero-order valence-electron chi connectivity index (χ0n) is 12.9. The lowest BCUT2D eigenvalue weighted by Gasteiger charge is -2.24. The van der Waals surface area contributed by atoms with Gasteiger partial charge in [0.15, 0.2) is 5.82 Å². The van der Waals surface area contributed by atoms with Crippen molar-refractivity contribution in [2.75, 3.05) is 37.0 Å². The summed E-state index contributed by atoms with van der Waals surface area (Å²) in [5.74, 6) is 3.51. The smallest absolute Gasteiger partial charge is 0.158 e. The molecule has 2 rings (SSSR count). The van der Waals surface area contributed by atoms with Gasteiger partial charge < -0.3 is 15.0 Å². The monoisotopic (exact) mass is 278 g/mol. The van der Waals surface area contributed by atoms with Gasteiger partial charge in [0.25, 0.3) is 0 Å². The van der Waals surface area contributed by atoms with Crippen molar-refractivity contribution < 1.29 is 4.74 Å². The lowest BCUT2D eigenvalue weighted by Crippen LogP contribution is -2.28. The Bertz CT molecular complexity index is 396. The number of methoxy groups -OCH3 is 1. The summed E-state index contributed by atoms with van der Waals surface area (Å²) in [7, 11) is 1.68. The summed E-state index contributed by atoms with van der Waals surface area (Å²) in [5.41, 5.74) is 0. The van der Waals surface area contributed by atoms with Gasteiger partial charge in [0.05, 0.1) is 0 Å². The molecule has 5 nitrogen and oxygen atoms in total. The second-order valence-electron chi connectivity index (χ2n) is 5.38. The third-order valence-corrected chi connectivity index (χ3v) is 3.38. The third kappa shape index (κ3) is 4.34. The molecule has 1 aromatic rings. The average Bonchev–Trinajstić information content (AvgIpc) is 3.23. The minimum Gasteiger partial charge on any atom is -0.377 e. The maximum atomic E-state index is 5.18. The summed E-state index contributed by atoms with van der Waals surface area (Å²) < 4.78 is 5.18. The van der Waals surface area contributed by atoms with E-state index in [1.807, 2.05) is 0 Å². The Hall–Kier alpha value is -1.36. The Labute approximate surface area is 121 Å². The summed E-state index contributed by atoms with van der Waals surface area (Å²) in [6, 6.07) is 2.06. The van der Waals surface area contributed by atoms with Crippen molar-refractivity contribution in [3.63, 3.8) is 0 Å². The lowest BCUT2D eigenvalue weighted by atomic mass is 10.3. The van der Waals surface area contributed by atoms with Gasteiger partial charge in [-0.25, -0.2) is 9.97 Å². The summed E-state index contributed by atoms with van der Waals surface area (Å²) >= 11 is 0. The highest BCUT2D eigenvalue weighted by Gasteiger charge is 2.25. The van der Waals surface area contributed by atoms with Gasteiger partial charge in [-0.05, 0) is 32.1 Å². The van der Waals surface area contributed by atoms with Crippen molar-refractivity contribution in [2.45, 2.75) is 39.7 Å². The topological polar surface area (TPSA) is 50.3 Å². The Morgan fingerprint density at radius 2 is 2.15 bits per heavy atom. The fraction of sp³-hybridized carbons (Fsp3) is 0.733. The fourth-order valence-electron chi connectivity index (χ4n) is 2.29. The third-order valence-electron chi connectivity index (χ3n) is 3.38. The molecule has 0 atom stereocenters. The molecule has 1 aliphatic carbocycles. The predicted octanol–water partition coefficient (Wildman–Crippen LogP) is 2.68. The second-order valence-corrected chi connectivity index (χ2v) is 5.38. The first-order chi connectivity index (χ1) is 9.76. The van der Waals surface area contributed by atoms with Crippen molar-refractivity contribution >= 4 is 11.6 Å². The van der Waals surface area contributed by atoms with Gasteiger partial charge in [0.1, 0.15) is 18.2 Å². The summed E-state index contributed by atoms with van der Waals surface area (Å²) in [6.45, 7) is 7.76. The van der Waals surface area contributed by atoms with Gasteiger partial charge in [-0.1, -0.05) is 6.92 Å². The quantitative estimate of drug-likeness (QED) is 0.752. The van der Waals surface area contributed by atoms with Gasteiger partial charge in [-0.2, -0.15) is 0 Å². The Morgan fingerprint density at radius 1 is 1.35 bits per heavy atom. The molecule has 1 N–H and O–H groups in total. The van der Waals surface area contributed by atoms with Crippen LogP contribution in [-0.2, 0) is 11.3 Å². The Morgan fingerprint density at radius 3 is 2.75 bits per heavy atom. The molecular formula is C15H26N4O. The highest BCUT2D eigenvalue weighted by atomic mass is 16.5. The van der Waals surface area contributed by atoms with Crippen LogP contribution in [0, 0.1) is 5.92 Å². The van der Waals surface area contributed by atoms with Crippen LogP contribution in [0.3, 0.4) is 0 Å². The molecule has 0 amide bonds. The van der Waals surface area contributed by atoms with Crippen molar-refractivity contribution in [1.29, 1.82) is 0 Å². The summed E-state index contributed by atoms with van der Waals surface area (Å²) in [5, 5.41) is 3.28. The summed E-state index contributed by atoms with van der Waals surface area (Å²) in [4.78, 5) is 11.5. The standard InChI is InChI=1S/C15H26N4O/c1-4-8-19(10-12-6-7-12)15-9-13(16-5-2)17-14(18-15)11-20-3/h9,12H,4-8,10-11H2,1-3H3,(H,16,17,18). The Kier molecular flexibility index (Phi) is 5.59. The first kappa shape index (κ1) is 15.0. The largest absolute Gasteiger partial charge is 0.377 e. The van der Waals surface area contributed by atoms with Crippen LogP contribution >= 0.6 is 0 Å². The maximum Gasteiger partial charge on any atom is 0.158 e. The number of nitrogens with one attached hydrogen (secondary N) is 1. The highest BCUT2D eigenvalue weighted by molar-refractivity contribution is 5.49. The minimum absolute atomic E-state index is 0.454. The number of hydrogen-bond acceptors (Lipinski definition) is 5. The SMILES string of the molecule is CCCN(CC1CC1)c1cc(NCC)nc(COC)n1. The molecule has 112 valence electrons. The molecule has 0 aromatic carbocycles. The molecule has 0 aliphatic heterocycles. The number of ether oxygens (including phenoxy) is 1. The van der Waals surface area contributed by atoms with Gasteiger partial charge in [0, 0.05) is 32.8 Å². The molecule has 0 unspecified atom stereocenters. The van der Waals surface area contributed by atoms with Gasteiger partial charge in [-0.3, -0.25) is 0 Å². The molecule has 1 heterocycles. The van der Waals surface area contributed by atoms with E-state index in [0.29, 0.717) is 6.61 Å². The number of anilines is 2. The zero-order chi connectivity index (χ0) is 14.4. The van der Waals surface area contributed by atoms with E-state index in [0.717, 1.165) is 49.4 Å². The van der Waals surface area contributed by atoms with Gasteiger partial charge in [-0.15, -0.1) is 0 Å². The molecule has 5 heteroatoms. The van der Waals surface area contributed by atoms with E-state index in [9.17, 15) is 0 Å². The van der Waals surface area contributed by atoms with Crippen molar-refractivity contribution in [3.05, 3.63) is 11.9 Å². The van der Waals surface area contributed by atoms with E-state index in [4.69, 9.17) is 4.74 Å². The van der Waals surface area contributed by atoms with Crippen LogP contribution in [0.15, 0.2) is 6.07 Å². The van der Waals surface area contributed by atoms with E-state index < -0.39 is 0 Å². The van der Waals surface area contributed by atoms with Crippen LogP contribution in [0.25, 0.3) is 0 Å². The van der Waals surface area contributed by atoms with Crippen molar-refractivity contribution in [2.24, 2.45) is 5.92 Å². The van der Waals surface area contributed by atoms with E-state index in [2.05, 4.69) is 40.1 Å². The molecule has 1 aliphatic rings. The predicted molar refractivity (Wildman–Crippen MR) is 82.1 cm³/mol.